The van der Waals surface area contributed by atoms with Gasteiger partial charge in [-0.15, -0.1) is 11.8 Å². The second-order valence-corrected chi connectivity index (χ2v) is 10.3. The first-order valence-electron chi connectivity index (χ1n) is 9.45. The number of alkyl halides is 3. The first-order valence-corrected chi connectivity index (χ1v) is 13.1. The number of hydrogen-bond acceptors (Lipinski definition) is 6. The number of rotatable bonds is 8. The SMILES string of the molecule is CSCOC(O)Cn1nc(C(F)(F)F)c(Cl)c1-c1ccc(-c2cccc(S(C)(=O)=O)c2)cc1. The number of ether oxygens (including phenoxy) is 1. The molecule has 2 aromatic carbocycles. The molecular weight excluding hydrogens is 501 g/mol. The Bertz CT molecular complexity index is 1230. The van der Waals surface area contributed by atoms with Gasteiger partial charge in [-0.1, -0.05) is 48.0 Å². The summed E-state index contributed by atoms with van der Waals surface area (Å²) in [5.41, 5.74) is 0.336. The maximum atomic E-state index is 13.4. The first-order chi connectivity index (χ1) is 15.4. The van der Waals surface area contributed by atoms with Crippen LogP contribution < -0.4 is 0 Å². The van der Waals surface area contributed by atoms with Crippen molar-refractivity contribution in [3.05, 3.63) is 59.2 Å². The topological polar surface area (TPSA) is 81.4 Å². The monoisotopic (exact) mass is 520 g/mol. The van der Waals surface area contributed by atoms with E-state index in [1.807, 2.05) is 0 Å². The van der Waals surface area contributed by atoms with Gasteiger partial charge in [0.1, 0.15) is 0 Å². The molecule has 6 nitrogen and oxygen atoms in total. The highest BCUT2D eigenvalue weighted by molar-refractivity contribution is 7.98. The zero-order chi connectivity index (χ0) is 24.4. The van der Waals surface area contributed by atoms with Crippen LogP contribution in [0.1, 0.15) is 5.69 Å². The van der Waals surface area contributed by atoms with E-state index >= 15 is 0 Å². The normalized spacial score (nSPS) is 13.3. The molecule has 33 heavy (non-hydrogen) atoms. The van der Waals surface area contributed by atoms with Crippen LogP contribution in [0, 0.1) is 0 Å². The van der Waals surface area contributed by atoms with E-state index < -0.39 is 33.0 Å². The fourth-order valence-electron chi connectivity index (χ4n) is 3.10. The summed E-state index contributed by atoms with van der Waals surface area (Å²) in [6.45, 7) is -0.357. The minimum Gasteiger partial charge on any atom is -0.366 e. The van der Waals surface area contributed by atoms with E-state index in [0.717, 1.165) is 10.9 Å². The van der Waals surface area contributed by atoms with Crippen molar-refractivity contribution >= 4 is 33.2 Å². The molecule has 0 saturated carbocycles. The van der Waals surface area contributed by atoms with Gasteiger partial charge in [0.05, 0.1) is 28.1 Å². The van der Waals surface area contributed by atoms with E-state index in [1.54, 1.807) is 42.7 Å². The summed E-state index contributed by atoms with van der Waals surface area (Å²) in [7, 11) is -3.40. The molecule has 0 radical (unpaired) electrons. The molecule has 3 aromatic rings. The average Bonchev–Trinajstić information content (AvgIpc) is 3.08. The molecule has 0 saturated heterocycles. The lowest BCUT2D eigenvalue weighted by Crippen LogP contribution is -2.21. The second-order valence-electron chi connectivity index (χ2n) is 7.10. The Morgan fingerprint density at radius 3 is 2.36 bits per heavy atom. The molecule has 0 aliphatic heterocycles. The fraction of sp³-hybridized carbons (Fsp3) is 0.286. The molecule has 0 amide bonds. The van der Waals surface area contributed by atoms with Crippen molar-refractivity contribution in [1.29, 1.82) is 0 Å². The zero-order valence-electron chi connectivity index (χ0n) is 17.5. The van der Waals surface area contributed by atoms with E-state index in [-0.39, 0.29) is 23.1 Å². The lowest BCUT2D eigenvalue weighted by atomic mass is 10.0. The quantitative estimate of drug-likeness (QED) is 0.423. The minimum absolute atomic E-state index is 0.0211. The molecule has 178 valence electrons. The Kier molecular flexibility index (Phi) is 7.80. The van der Waals surface area contributed by atoms with Crippen molar-refractivity contribution in [2.75, 3.05) is 18.5 Å². The van der Waals surface area contributed by atoms with Crippen LogP contribution in [0.25, 0.3) is 22.4 Å². The molecule has 1 N–H and O–H groups in total. The van der Waals surface area contributed by atoms with Crippen LogP contribution in [0.5, 0.6) is 0 Å². The number of sulfone groups is 1. The van der Waals surface area contributed by atoms with Gasteiger partial charge >= 0.3 is 6.18 Å². The summed E-state index contributed by atoms with van der Waals surface area (Å²) >= 11 is 7.37. The summed E-state index contributed by atoms with van der Waals surface area (Å²) in [5.74, 6) is 0.152. The Balaban J connectivity index is 2.01. The molecule has 1 unspecified atom stereocenters. The van der Waals surface area contributed by atoms with Crippen LogP contribution in [-0.4, -0.2) is 48.0 Å². The molecule has 0 aliphatic carbocycles. The summed E-state index contributed by atoms with van der Waals surface area (Å²) in [6.07, 6.45) is -3.31. The van der Waals surface area contributed by atoms with E-state index in [2.05, 4.69) is 5.10 Å². The van der Waals surface area contributed by atoms with Gasteiger partial charge in [-0.2, -0.15) is 18.3 Å². The van der Waals surface area contributed by atoms with Gasteiger partial charge in [0.2, 0.25) is 0 Å². The highest BCUT2D eigenvalue weighted by Gasteiger charge is 2.39. The Labute approximate surface area is 198 Å². The van der Waals surface area contributed by atoms with Gasteiger partial charge in [0.15, 0.2) is 21.8 Å². The number of nitrogens with zero attached hydrogens (tertiary/aromatic N) is 2. The molecule has 0 bridgehead atoms. The number of thioether (sulfide) groups is 1. The van der Waals surface area contributed by atoms with E-state index in [9.17, 15) is 26.7 Å². The van der Waals surface area contributed by atoms with Gasteiger partial charge < -0.3 is 9.84 Å². The Morgan fingerprint density at radius 1 is 1.15 bits per heavy atom. The molecule has 1 aromatic heterocycles. The molecule has 3 rings (SSSR count). The third-order valence-electron chi connectivity index (χ3n) is 4.62. The number of benzene rings is 2. The van der Waals surface area contributed by atoms with Crippen molar-refractivity contribution in [1.82, 2.24) is 9.78 Å². The summed E-state index contributed by atoms with van der Waals surface area (Å²) in [6, 6.07) is 12.7. The van der Waals surface area contributed by atoms with Crippen molar-refractivity contribution in [2.45, 2.75) is 23.9 Å². The predicted octanol–water partition coefficient (Wildman–Crippen LogP) is 4.95. The predicted molar refractivity (Wildman–Crippen MR) is 122 cm³/mol. The lowest BCUT2D eigenvalue weighted by molar-refractivity contribution is -0.142. The number of aliphatic hydroxyl groups excluding tert-OH is 1. The summed E-state index contributed by atoms with van der Waals surface area (Å²) in [5, 5.41) is 13.0. The first kappa shape index (κ1) is 25.6. The van der Waals surface area contributed by atoms with Crippen LogP contribution in [-0.2, 0) is 27.3 Å². The standard InChI is InChI=1S/C21H20ClF3N2O4S2/c1-32-12-31-17(28)11-27-19(18(22)20(26-27)21(23,24)25)14-8-6-13(7-9-14)15-4-3-5-16(10-15)33(2,29)30/h3-10,17,28H,11-12H2,1-2H3. The largest absolute Gasteiger partial charge is 0.436 e. The number of aliphatic hydroxyl groups is 1. The van der Waals surface area contributed by atoms with E-state index in [4.69, 9.17) is 16.3 Å². The van der Waals surface area contributed by atoms with Crippen LogP contribution >= 0.6 is 23.4 Å². The maximum absolute atomic E-state index is 13.4. The number of hydrogen-bond donors (Lipinski definition) is 1. The second kappa shape index (κ2) is 10.1. The molecular formula is C21H20ClF3N2O4S2. The summed E-state index contributed by atoms with van der Waals surface area (Å²) in [4.78, 5) is 0.152. The number of aromatic nitrogens is 2. The van der Waals surface area contributed by atoms with Crippen molar-refractivity contribution < 1.29 is 31.4 Å². The van der Waals surface area contributed by atoms with Crippen LogP contribution in [0.3, 0.4) is 0 Å². The van der Waals surface area contributed by atoms with E-state index in [0.29, 0.717) is 16.7 Å². The maximum Gasteiger partial charge on any atom is 0.436 e. The highest BCUT2D eigenvalue weighted by Crippen LogP contribution is 2.40. The van der Waals surface area contributed by atoms with Crippen molar-refractivity contribution in [3.8, 4) is 22.4 Å². The smallest absolute Gasteiger partial charge is 0.366 e. The van der Waals surface area contributed by atoms with Crippen LogP contribution in [0.15, 0.2) is 53.4 Å². The third-order valence-corrected chi connectivity index (χ3v) is 6.46. The summed E-state index contributed by atoms with van der Waals surface area (Å²) < 4.78 is 70.0. The Morgan fingerprint density at radius 2 is 1.79 bits per heavy atom. The van der Waals surface area contributed by atoms with Gasteiger partial charge in [-0.3, -0.25) is 4.68 Å². The molecule has 1 atom stereocenters. The average molecular weight is 521 g/mol. The molecule has 0 fully saturated rings. The van der Waals surface area contributed by atoms with Gasteiger partial charge in [-0.05, 0) is 29.5 Å². The van der Waals surface area contributed by atoms with Crippen LogP contribution in [0.4, 0.5) is 13.2 Å². The molecule has 12 heteroatoms. The van der Waals surface area contributed by atoms with Gasteiger partial charge in [0, 0.05) is 11.8 Å². The zero-order valence-corrected chi connectivity index (χ0v) is 19.9. The Hall–Kier alpha value is -2.05. The molecule has 0 spiro atoms. The fourth-order valence-corrected chi connectivity index (χ4v) is 4.41. The minimum atomic E-state index is -4.78. The lowest BCUT2D eigenvalue weighted by Gasteiger charge is -2.14. The van der Waals surface area contributed by atoms with E-state index in [1.165, 1.54) is 23.9 Å². The third kappa shape index (κ3) is 6.10. The van der Waals surface area contributed by atoms with Crippen molar-refractivity contribution in [2.24, 2.45) is 0 Å². The molecule has 1 heterocycles. The van der Waals surface area contributed by atoms with Gasteiger partial charge in [-0.25, -0.2) is 8.42 Å². The number of halogens is 4. The van der Waals surface area contributed by atoms with Crippen LogP contribution in [0.2, 0.25) is 5.02 Å². The van der Waals surface area contributed by atoms with Gasteiger partial charge in [0.25, 0.3) is 0 Å². The molecule has 0 aliphatic rings. The highest BCUT2D eigenvalue weighted by atomic mass is 35.5. The van der Waals surface area contributed by atoms with Crippen molar-refractivity contribution in [3.63, 3.8) is 0 Å².